The minimum absolute atomic E-state index is 0.0108. The summed E-state index contributed by atoms with van der Waals surface area (Å²) in [5.41, 5.74) is 2.86. The van der Waals surface area contributed by atoms with E-state index in [2.05, 4.69) is 31.8 Å². The van der Waals surface area contributed by atoms with Crippen molar-refractivity contribution in [3.63, 3.8) is 0 Å². The van der Waals surface area contributed by atoms with E-state index in [4.69, 9.17) is 4.74 Å². The molecule has 0 aliphatic heterocycles. The SMILES string of the molecule is C=C(C=CC=C(COCCO)C1CCC2(C(CCCO)C(=C(C)C=O)CCC2(O)CCNC)C1O)CCC=C(C)C. The van der Waals surface area contributed by atoms with Crippen LogP contribution in [-0.2, 0) is 9.53 Å². The second-order valence-corrected chi connectivity index (χ2v) is 12.1. The molecule has 2 aliphatic rings. The summed E-state index contributed by atoms with van der Waals surface area (Å²) in [6.45, 7) is 11.1. The lowest BCUT2D eigenvalue weighted by molar-refractivity contribution is -0.180. The predicted octanol–water partition coefficient (Wildman–Crippen LogP) is 4.58. The predicted molar refractivity (Wildman–Crippen MR) is 165 cm³/mol. The van der Waals surface area contributed by atoms with Crippen molar-refractivity contribution < 1.29 is 30.0 Å². The van der Waals surface area contributed by atoms with Gasteiger partial charge in [-0.1, -0.05) is 47.6 Å². The number of hydrogen-bond donors (Lipinski definition) is 5. The van der Waals surface area contributed by atoms with Crippen molar-refractivity contribution in [1.82, 2.24) is 5.32 Å². The van der Waals surface area contributed by atoms with Gasteiger partial charge >= 0.3 is 0 Å². The van der Waals surface area contributed by atoms with Gasteiger partial charge in [0, 0.05) is 17.9 Å². The summed E-state index contributed by atoms with van der Waals surface area (Å²) in [5.74, 6) is -0.480. The van der Waals surface area contributed by atoms with E-state index >= 15 is 0 Å². The van der Waals surface area contributed by atoms with Crippen LogP contribution in [0.1, 0.15) is 78.6 Å². The lowest BCUT2D eigenvalue weighted by atomic mass is 9.51. The maximum atomic E-state index is 12.4. The van der Waals surface area contributed by atoms with E-state index in [1.165, 1.54) is 5.57 Å². The van der Waals surface area contributed by atoms with E-state index in [9.17, 15) is 25.2 Å². The molecule has 2 rings (SSSR count). The molecule has 2 aliphatic carbocycles. The van der Waals surface area contributed by atoms with Crippen molar-refractivity contribution in [2.45, 2.75) is 90.3 Å². The molecule has 1 spiro atoms. The fourth-order valence-corrected chi connectivity index (χ4v) is 7.15. The van der Waals surface area contributed by atoms with Crippen molar-refractivity contribution in [2.24, 2.45) is 17.3 Å². The van der Waals surface area contributed by atoms with E-state index in [1.54, 1.807) is 0 Å². The van der Waals surface area contributed by atoms with Crippen LogP contribution < -0.4 is 5.32 Å². The Bertz CT molecular complexity index is 978. The van der Waals surface area contributed by atoms with E-state index in [0.717, 1.165) is 35.8 Å². The average Bonchev–Trinajstić information content (AvgIpc) is 3.29. The Morgan fingerprint density at radius 3 is 2.59 bits per heavy atom. The van der Waals surface area contributed by atoms with Gasteiger partial charge in [-0.2, -0.15) is 0 Å². The molecule has 0 radical (unpaired) electrons. The zero-order valence-electron chi connectivity index (χ0n) is 25.8. The topological polar surface area (TPSA) is 119 Å². The fourth-order valence-electron chi connectivity index (χ4n) is 7.15. The Kier molecular flexibility index (Phi) is 14.9. The molecule has 2 saturated carbocycles. The first-order valence-corrected chi connectivity index (χ1v) is 15.3. The molecule has 2 fully saturated rings. The van der Waals surface area contributed by atoms with Crippen molar-refractivity contribution in [3.05, 3.63) is 58.7 Å². The molecule has 0 aromatic rings. The molecule has 41 heavy (non-hydrogen) atoms. The number of carbonyl (C=O) groups excluding carboxylic acids is 1. The summed E-state index contributed by atoms with van der Waals surface area (Å²) < 4.78 is 5.76. The lowest BCUT2D eigenvalue weighted by Crippen LogP contribution is -2.61. The average molecular weight is 574 g/mol. The lowest BCUT2D eigenvalue weighted by Gasteiger charge is -2.57. The minimum Gasteiger partial charge on any atom is -0.396 e. The third kappa shape index (κ3) is 8.82. The van der Waals surface area contributed by atoms with Gasteiger partial charge in [0.05, 0.1) is 31.5 Å². The molecule has 7 nitrogen and oxygen atoms in total. The van der Waals surface area contributed by atoms with Crippen LogP contribution in [-0.4, -0.2) is 78.4 Å². The van der Waals surface area contributed by atoms with Gasteiger partial charge in [0.15, 0.2) is 0 Å². The number of aliphatic hydroxyl groups is 4. The third-order valence-corrected chi connectivity index (χ3v) is 9.26. The fraction of sp³-hybridized carbons (Fsp3) is 0.676. The molecule has 0 heterocycles. The van der Waals surface area contributed by atoms with Crippen LogP contribution in [0, 0.1) is 17.3 Å². The molecule has 0 aromatic heterocycles. The number of ether oxygens (including phenoxy) is 1. The van der Waals surface area contributed by atoms with E-state index < -0.39 is 17.1 Å². The normalized spacial score (nSPS) is 29.8. The molecule has 5 N–H and O–H groups in total. The molecule has 0 saturated heterocycles. The van der Waals surface area contributed by atoms with Crippen molar-refractivity contribution >= 4 is 6.29 Å². The van der Waals surface area contributed by atoms with Crippen LogP contribution in [0.4, 0.5) is 0 Å². The van der Waals surface area contributed by atoms with E-state index in [-0.39, 0.29) is 38.3 Å². The zero-order chi connectivity index (χ0) is 30.5. The van der Waals surface area contributed by atoms with Gasteiger partial charge in [0.1, 0.15) is 6.29 Å². The molecule has 0 bridgehead atoms. The van der Waals surface area contributed by atoms with Gasteiger partial charge in [-0.15, -0.1) is 0 Å². The Labute approximate surface area is 247 Å². The molecular weight excluding hydrogens is 518 g/mol. The molecule has 232 valence electrons. The summed E-state index contributed by atoms with van der Waals surface area (Å²) in [7, 11) is 1.86. The Hall–Kier alpha value is -1.87. The number of aldehydes is 1. The molecule has 5 atom stereocenters. The highest BCUT2D eigenvalue weighted by Gasteiger charge is 2.65. The summed E-state index contributed by atoms with van der Waals surface area (Å²) in [4.78, 5) is 11.9. The summed E-state index contributed by atoms with van der Waals surface area (Å²) in [6, 6.07) is 0. The number of aliphatic hydroxyl groups excluding tert-OH is 3. The molecule has 0 amide bonds. The highest BCUT2D eigenvalue weighted by atomic mass is 16.5. The smallest absolute Gasteiger partial charge is 0.145 e. The van der Waals surface area contributed by atoms with Gasteiger partial charge in [0.25, 0.3) is 0 Å². The Morgan fingerprint density at radius 1 is 1.20 bits per heavy atom. The highest BCUT2D eigenvalue weighted by molar-refractivity contribution is 5.74. The third-order valence-electron chi connectivity index (χ3n) is 9.26. The van der Waals surface area contributed by atoms with Crippen molar-refractivity contribution in [2.75, 3.05) is 40.0 Å². The monoisotopic (exact) mass is 573 g/mol. The largest absolute Gasteiger partial charge is 0.396 e. The first kappa shape index (κ1) is 35.3. The minimum atomic E-state index is -1.14. The van der Waals surface area contributed by atoms with Gasteiger partial charge in [0.2, 0.25) is 0 Å². The highest BCUT2D eigenvalue weighted by Crippen LogP contribution is 2.63. The maximum Gasteiger partial charge on any atom is 0.145 e. The van der Waals surface area contributed by atoms with Crippen LogP contribution in [0.2, 0.25) is 0 Å². The first-order chi connectivity index (χ1) is 19.6. The van der Waals surface area contributed by atoms with Crippen LogP contribution in [0.25, 0.3) is 0 Å². The van der Waals surface area contributed by atoms with Gasteiger partial charge in [-0.3, -0.25) is 4.79 Å². The quantitative estimate of drug-likeness (QED) is 0.0568. The number of allylic oxidation sites excluding steroid dienone is 8. The Balaban J connectivity index is 2.52. The van der Waals surface area contributed by atoms with E-state index in [0.29, 0.717) is 57.1 Å². The van der Waals surface area contributed by atoms with Crippen molar-refractivity contribution in [3.8, 4) is 0 Å². The zero-order valence-corrected chi connectivity index (χ0v) is 25.8. The summed E-state index contributed by atoms with van der Waals surface area (Å²) in [5, 5.41) is 46.9. The van der Waals surface area contributed by atoms with Gasteiger partial charge in [-0.25, -0.2) is 0 Å². The summed E-state index contributed by atoms with van der Waals surface area (Å²) in [6.07, 6.45) is 13.9. The molecular formula is C34H55NO6. The van der Waals surface area contributed by atoms with Crippen LogP contribution >= 0.6 is 0 Å². The number of rotatable bonds is 17. The Morgan fingerprint density at radius 2 is 1.95 bits per heavy atom. The molecule has 0 aromatic carbocycles. The van der Waals surface area contributed by atoms with E-state index in [1.807, 2.05) is 32.2 Å². The van der Waals surface area contributed by atoms with Crippen LogP contribution in [0.3, 0.4) is 0 Å². The standard InChI is InChI=1S/C34H55NO6/c1-25(2)9-6-10-26(3)11-7-12-28(24-41-22-21-37)30-15-17-34(32(30)39)31(13-8-20-36)29(27(4)23-38)14-16-33(34,40)18-19-35-5/h7,9,11-12,23,30-32,35-37,39-40H,3,6,8,10,13-22,24H2,1-2,4-5H3. The van der Waals surface area contributed by atoms with Crippen LogP contribution in [0.15, 0.2) is 58.7 Å². The second-order valence-electron chi connectivity index (χ2n) is 12.1. The molecule has 7 heteroatoms. The molecule has 5 unspecified atom stereocenters. The number of carbonyl (C=O) groups is 1. The number of nitrogens with one attached hydrogen (secondary N) is 1. The second kappa shape index (κ2) is 17.3. The van der Waals surface area contributed by atoms with Crippen molar-refractivity contribution in [1.29, 1.82) is 0 Å². The van der Waals surface area contributed by atoms with Crippen LogP contribution in [0.5, 0.6) is 0 Å². The number of hydrogen-bond acceptors (Lipinski definition) is 7. The first-order valence-electron chi connectivity index (χ1n) is 15.3. The maximum absolute atomic E-state index is 12.4. The summed E-state index contributed by atoms with van der Waals surface area (Å²) >= 11 is 0. The van der Waals surface area contributed by atoms with Gasteiger partial charge < -0.3 is 30.5 Å². The van der Waals surface area contributed by atoms with Gasteiger partial charge in [-0.05, 0) is 109 Å².